The number of nitrogens with one attached hydrogen (secondary N) is 1. The Morgan fingerprint density at radius 2 is 1.84 bits per heavy atom. The van der Waals surface area contributed by atoms with Gasteiger partial charge in [0.05, 0.1) is 0 Å². The van der Waals surface area contributed by atoms with E-state index in [0.717, 1.165) is 37.1 Å². The standard InChI is InChI=1S/C15H24BrN3/c1-18(12-13-19-10-7-17-8-11-19)9-6-14-2-4-15(16)5-3-14/h2-5,17H,6-13H2,1H3. The first-order valence-corrected chi connectivity index (χ1v) is 7.89. The van der Waals surface area contributed by atoms with Gasteiger partial charge in [-0.3, -0.25) is 4.90 Å². The maximum absolute atomic E-state index is 3.47. The first-order chi connectivity index (χ1) is 9.24. The van der Waals surface area contributed by atoms with Crippen molar-refractivity contribution in [3.05, 3.63) is 34.3 Å². The van der Waals surface area contributed by atoms with Gasteiger partial charge in [0.15, 0.2) is 0 Å². The Balaban J connectivity index is 1.63. The lowest BCUT2D eigenvalue weighted by molar-refractivity contribution is 0.206. The van der Waals surface area contributed by atoms with Crippen LogP contribution >= 0.6 is 15.9 Å². The van der Waals surface area contributed by atoms with Crippen molar-refractivity contribution in [3.8, 4) is 0 Å². The zero-order chi connectivity index (χ0) is 13.5. The fourth-order valence-corrected chi connectivity index (χ4v) is 2.59. The third kappa shape index (κ3) is 5.61. The van der Waals surface area contributed by atoms with Gasteiger partial charge in [-0.25, -0.2) is 0 Å². The number of hydrogen-bond donors (Lipinski definition) is 1. The van der Waals surface area contributed by atoms with Gasteiger partial charge in [0.2, 0.25) is 0 Å². The Morgan fingerprint density at radius 1 is 1.16 bits per heavy atom. The van der Waals surface area contributed by atoms with E-state index in [0.29, 0.717) is 0 Å². The van der Waals surface area contributed by atoms with Crippen molar-refractivity contribution in [1.29, 1.82) is 0 Å². The quantitative estimate of drug-likeness (QED) is 0.860. The van der Waals surface area contributed by atoms with E-state index >= 15 is 0 Å². The Kier molecular flexibility index (Phi) is 6.31. The SMILES string of the molecule is CN(CCc1ccc(Br)cc1)CCN1CCNCC1. The predicted octanol–water partition coefficient (Wildman–Crippen LogP) is 1.83. The summed E-state index contributed by atoms with van der Waals surface area (Å²) in [6, 6.07) is 8.65. The second-order valence-corrected chi connectivity index (χ2v) is 6.19. The van der Waals surface area contributed by atoms with Crippen LogP contribution in [0, 0.1) is 0 Å². The first-order valence-electron chi connectivity index (χ1n) is 7.10. The van der Waals surface area contributed by atoms with E-state index in [1.54, 1.807) is 0 Å². The van der Waals surface area contributed by atoms with Crippen LogP contribution < -0.4 is 5.32 Å². The lowest BCUT2D eigenvalue weighted by Gasteiger charge is -2.29. The van der Waals surface area contributed by atoms with Crippen molar-refractivity contribution < 1.29 is 0 Å². The molecule has 0 aromatic heterocycles. The van der Waals surface area contributed by atoms with Gasteiger partial charge in [0, 0.05) is 50.3 Å². The molecule has 1 fully saturated rings. The summed E-state index contributed by atoms with van der Waals surface area (Å²) in [5, 5.41) is 3.39. The molecule has 0 saturated carbocycles. The zero-order valence-corrected chi connectivity index (χ0v) is 13.3. The first kappa shape index (κ1) is 15.0. The minimum atomic E-state index is 1.13. The molecule has 0 unspecified atom stereocenters. The molecule has 2 rings (SSSR count). The van der Waals surface area contributed by atoms with Gasteiger partial charge in [-0.15, -0.1) is 0 Å². The molecule has 0 atom stereocenters. The molecule has 1 aliphatic heterocycles. The minimum absolute atomic E-state index is 1.13. The monoisotopic (exact) mass is 325 g/mol. The van der Waals surface area contributed by atoms with Gasteiger partial charge < -0.3 is 10.2 Å². The van der Waals surface area contributed by atoms with Crippen LogP contribution in [0.15, 0.2) is 28.7 Å². The Morgan fingerprint density at radius 3 is 2.53 bits per heavy atom. The highest BCUT2D eigenvalue weighted by Crippen LogP contribution is 2.11. The van der Waals surface area contributed by atoms with Gasteiger partial charge >= 0.3 is 0 Å². The summed E-state index contributed by atoms with van der Waals surface area (Å²) in [5.74, 6) is 0. The Labute approximate surface area is 125 Å². The summed E-state index contributed by atoms with van der Waals surface area (Å²) in [4.78, 5) is 4.98. The molecule has 1 heterocycles. The number of halogens is 1. The van der Waals surface area contributed by atoms with Crippen LogP contribution in [0.25, 0.3) is 0 Å². The Bertz CT molecular complexity index is 360. The normalized spacial score (nSPS) is 17.0. The van der Waals surface area contributed by atoms with Gasteiger partial charge in [-0.05, 0) is 31.2 Å². The van der Waals surface area contributed by atoms with Crippen LogP contribution in [0.5, 0.6) is 0 Å². The van der Waals surface area contributed by atoms with E-state index < -0.39 is 0 Å². The van der Waals surface area contributed by atoms with Crippen LogP contribution in [-0.2, 0) is 6.42 Å². The lowest BCUT2D eigenvalue weighted by atomic mass is 10.1. The minimum Gasteiger partial charge on any atom is -0.314 e. The summed E-state index contributed by atoms with van der Waals surface area (Å²) in [6.07, 6.45) is 1.13. The van der Waals surface area contributed by atoms with Gasteiger partial charge in [0.25, 0.3) is 0 Å². The molecule has 0 radical (unpaired) electrons. The van der Waals surface area contributed by atoms with E-state index in [1.165, 1.54) is 25.2 Å². The lowest BCUT2D eigenvalue weighted by Crippen LogP contribution is -2.46. The largest absolute Gasteiger partial charge is 0.314 e. The van der Waals surface area contributed by atoms with Crippen molar-refractivity contribution in [2.24, 2.45) is 0 Å². The van der Waals surface area contributed by atoms with E-state index in [4.69, 9.17) is 0 Å². The third-order valence-corrected chi connectivity index (χ3v) is 4.23. The second kappa shape index (κ2) is 8.00. The molecule has 19 heavy (non-hydrogen) atoms. The molecule has 106 valence electrons. The van der Waals surface area contributed by atoms with Crippen molar-refractivity contribution >= 4 is 15.9 Å². The van der Waals surface area contributed by atoms with Crippen molar-refractivity contribution in [1.82, 2.24) is 15.1 Å². The molecule has 1 saturated heterocycles. The molecule has 4 heteroatoms. The molecule has 1 aliphatic rings. The van der Waals surface area contributed by atoms with Gasteiger partial charge in [-0.2, -0.15) is 0 Å². The highest BCUT2D eigenvalue weighted by Gasteiger charge is 2.09. The number of hydrogen-bond acceptors (Lipinski definition) is 3. The maximum atomic E-state index is 3.47. The van der Waals surface area contributed by atoms with E-state index in [2.05, 4.69) is 62.4 Å². The number of rotatable bonds is 6. The summed E-state index contributed by atoms with van der Waals surface area (Å²) >= 11 is 3.47. The van der Waals surface area contributed by atoms with Crippen LogP contribution in [0.3, 0.4) is 0 Å². The molecular weight excluding hydrogens is 302 g/mol. The summed E-state index contributed by atoms with van der Waals surface area (Å²) in [7, 11) is 2.22. The summed E-state index contributed by atoms with van der Waals surface area (Å²) in [5.41, 5.74) is 1.41. The fraction of sp³-hybridized carbons (Fsp3) is 0.600. The summed E-state index contributed by atoms with van der Waals surface area (Å²) in [6.45, 7) is 8.16. The fourth-order valence-electron chi connectivity index (χ4n) is 2.33. The van der Waals surface area contributed by atoms with Crippen molar-refractivity contribution in [3.63, 3.8) is 0 Å². The van der Waals surface area contributed by atoms with Gasteiger partial charge in [-0.1, -0.05) is 28.1 Å². The number of likely N-dealkylation sites (N-methyl/N-ethyl adjacent to an activating group) is 1. The van der Waals surface area contributed by atoms with Crippen LogP contribution in [-0.4, -0.2) is 62.7 Å². The van der Waals surface area contributed by atoms with Crippen molar-refractivity contribution in [2.75, 3.05) is 52.9 Å². The second-order valence-electron chi connectivity index (χ2n) is 5.27. The average Bonchev–Trinajstić information content (AvgIpc) is 2.45. The van der Waals surface area contributed by atoms with Crippen LogP contribution in [0.2, 0.25) is 0 Å². The van der Waals surface area contributed by atoms with Crippen LogP contribution in [0.1, 0.15) is 5.56 Å². The zero-order valence-electron chi connectivity index (χ0n) is 11.7. The molecule has 3 nitrogen and oxygen atoms in total. The van der Waals surface area contributed by atoms with E-state index in [-0.39, 0.29) is 0 Å². The highest BCUT2D eigenvalue weighted by atomic mass is 79.9. The molecule has 0 spiro atoms. The molecule has 1 aromatic rings. The molecule has 0 aliphatic carbocycles. The number of piperazine rings is 1. The van der Waals surface area contributed by atoms with E-state index in [9.17, 15) is 0 Å². The summed E-state index contributed by atoms with van der Waals surface area (Å²) < 4.78 is 1.16. The molecule has 0 bridgehead atoms. The predicted molar refractivity (Wildman–Crippen MR) is 84.7 cm³/mol. The van der Waals surface area contributed by atoms with E-state index in [1.807, 2.05) is 0 Å². The number of benzene rings is 1. The third-order valence-electron chi connectivity index (χ3n) is 3.70. The molecule has 0 amide bonds. The maximum Gasteiger partial charge on any atom is 0.0175 e. The van der Waals surface area contributed by atoms with Gasteiger partial charge in [0.1, 0.15) is 0 Å². The molecule has 1 N–H and O–H groups in total. The number of nitrogens with zero attached hydrogens (tertiary/aromatic N) is 2. The highest BCUT2D eigenvalue weighted by molar-refractivity contribution is 9.10. The molecule has 1 aromatic carbocycles. The smallest absolute Gasteiger partial charge is 0.0175 e. The Hall–Kier alpha value is -0.420. The topological polar surface area (TPSA) is 18.5 Å². The average molecular weight is 326 g/mol. The molecular formula is C15H24BrN3. The van der Waals surface area contributed by atoms with Crippen molar-refractivity contribution in [2.45, 2.75) is 6.42 Å². The van der Waals surface area contributed by atoms with Crippen LogP contribution in [0.4, 0.5) is 0 Å².